The second-order valence-electron chi connectivity index (χ2n) is 4.00. The van der Waals surface area contributed by atoms with Crippen molar-refractivity contribution in [1.29, 1.82) is 0 Å². The van der Waals surface area contributed by atoms with Crippen LogP contribution in [0.2, 0.25) is 0 Å². The molecule has 1 aliphatic heterocycles. The monoisotopic (exact) mass is 227 g/mol. The highest BCUT2D eigenvalue weighted by Crippen LogP contribution is 2.41. The first-order chi connectivity index (χ1) is 7.84. The molecule has 0 fully saturated rings. The average Bonchev–Trinajstić information content (AvgIpc) is 2.45. The molecule has 2 heteroatoms. The maximum absolute atomic E-state index is 3.56. The molecule has 0 saturated heterocycles. The van der Waals surface area contributed by atoms with E-state index in [0.29, 0.717) is 6.04 Å². The number of rotatable bonds is 0. The summed E-state index contributed by atoms with van der Waals surface area (Å²) in [6.45, 7) is 2.21. The van der Waals surface area contributed by atoms with Crippen molar-refractivity contribution in [1.82, 2.24) is 0 Å². The lowest BCUT2D eigenvalue weighted by Gasteiger charge is -2.14. The van der Waals surface area contributed by atoms with Gasteiger partial charge >= 0.3 is 0 Å². The first-order valence-corrected chi connectivity index (χ1v) is 6.28. The molecule has 1 heterocycles. The highest BCUT2D eigenvalue weighted by molar-refractivity contribution is 7.99. The molecular weight excluding hydrogens is 214 g/mol. The highest BCUT2D eigenvalue weighted by Gasteiger charge is 2.17. The molecule has 0 aromatic heterocycles. The first-order valence-electron chi connectivity index (χ1n) is 5.47. The Labute approximate surface area is 99.9 Å². The zero-order valence-electron chi connectivity index (χ0n) is 9.10. The van der Waals surface area contributed by atoms with Gasteiger partial charge in [0.15, 0.2) is 0 Å². The molecule has 3 rings (SSSR count). The Kier molecular flexibility index (Phi) is 2.37. The smallest absolute Gasteiger partial charge is 0.0497 e. The maximum Gasteiger partial charge on any atom is 0.0497 e. The molecule has 0 amide bonds. The topological polar surface area (TPSA) is 12.0 Å². The number of nitrogens with one attached hydrogen (secondary N) is 1. The van der Waals surface area contributed by atoms with Gasteiger partial charge in [-0.3, -0.25) is 0 Å². The van der Waals surface area contributed by atoms with Crippen molar-refractivity contribution >= 4 is 17.4 Å². The summed E-state index contributed by atoms with van der Waals surface area (Å²) < 4.78 is 0. The van der Waals surface area contributed by atoms with Gasteiger partial charge in [-0.25, -0.2) is 0 Å². The normalized spacial score (nSPS) is 17.9. The van der Waals surface area contributed by atoms with Gasteiger partial charge in [-0.15, -0.1) is 0 Å². The van der Waals surface area contributed by atoms with Gasteiger partial charge in [-0.1, -0.05) is 42.1 Å². The number of hydrogen-bond acceptors (Lipinski definition) is 2. The minimum atomic E-state index is 0.368. The van der Waals surface area contributed by atoms with Crippen LogP contribution < -0.4 is 5.32 Å². The summed E-state index contributed by atoms with van der Waals surface area (Å²) in [7, 11) is 0. The molecule has 0 unspecified atom stereocenters. The van der Waals surface area contributed by atoms with E-state index in [2.05, 4.69) is 60.8 Å². The van der Waals surface area contributed by atoms with Crippen LogP contribution in [0.15, 0.2) is 58.3 Å². The quantitative estimate of drug-likeness (QED) is 0.719. The third-order valence-corrected chi connectivity index (χ3v) is 4.03. The third-order valence-electron chi connectivity index (χ3n) is 2.86. The van der Waals surface area contributed by atoms with E-state index in [1.54, 1.807) is 0 Å². The van der Waals surface area contributed by atoms with Crippen LogP contribution in [0.4, 0.5) is 5.69 Å². The summed E-state index contributed by atoms with van der Waals surface area (Å²) in [4.78, 5) is 2.66. The van der Waals surface area contributed by atoms with Crippen molar-refractivity contribution in [2.45, 2.75) is 22.8 Å². The van der Waals surface area contributed by atoms with E-state index in [9.17, 15) is 0 Å². The molecule has 0 bridgehead atoms. The number of anilines is 1. The molecule has 0 radical (unpaired) electrons. The third kappa shape index (κ3) is 1.59. The van der Waals surface area contributed by atoms with Gasteiger partial charge in [0.05, 0.1) is 0 Å². The lowest BCUT2D eigenvalue weighted by molar-refractivity contribution is 0.861. The fourth-order valence-electron chi connectivity index (χ4n) is 2.04. The van der Waals surface area contributed by atoms with Crippen LogP contribution in [0, 0.1) is 0 Å². The second kappa shape index (κ2) is 3.87. The summed E-state index contributed by atoms with van der Waals surface area (Å²) >= 11 is 1.84. The van der Waals surface area contributed by atoms with Crippen molar-refractivity contribution in [3.63, 3.8) is 0 Å². The van der Waals surface area contributed by atoms with Gasteiger partial charge in [0.2, 0.25) is 0 Å². The number of hydrogen-bond donors (Lipinski definition) is 1. The van der Waals surface area contributed by atoms with Crippen LogP contribution in [-0.2, 0) is 0 Å². The zero-order chi connectivity index (χ0) is 11.0. The second-order valence-corrected chi connectivity index (χ2v) is 5.09. The van der Waals surface area contributed by atoms with Crippen LogP contribution in [0.25, 0.3) is 0 Å². The summed E-state index contributed by atoms with van der Waals surface area (Å²) in [5.41, 5.74) is 2.61. The molecule has 80 valence electrons. The zero-order valence-corrected chi connectivity index (χ0v) is 9.92. The van der Waals surface area contributed by atoms with Crippen LogP contribution in [-0.4, -0.2) is 0 Å². The van der Waals surface area contributed by atoms with E-state index in [0.717, 1.165) is 0 Å². The lowest BCUT2D eigenvalue weighted by atomic mass is 10.1. The van der Waals surface area contributed by atoms with Crippen LogP contribution in [0.5, 0.6) is 0 Å². The van der Waals surface area contributed by atoms with E-state index in [1.165, 1.54) is 21.0 Å². The summed E-state index contributed by atoms with van der Waals surface area (Å²) in [6.07, 6.45) is 0. The Morgan fingerprint density at radius 1 is 0.938 bits per heavy atom. The molecule has 1 nitrogen and oxygen atoms in total. The largest absolute Gasteiger partial charge is 0.378 e. The predicted octanol–water partition coefficient (Wildman–Crippen LogP) is 4.32. The molecular formula is C14H13NS. The fourth-order valence-corrected chi connectivity index (χ4v) is 3.17. The van der Waals surface area contributed by atoms with Gasteiger partial charge in [0.25, 0.3) is 0 Å². The fraction of sp³-hybridized carbons (Fsp3) is 0.143. The van der Waals surface area contributed by atoms with E-state index in [4.69, 9.17) is 0 Å². The molecule has 1 atom stereocenters. The summed E-state index contributed by atoms with van der Waals surface area (Å²) in [5, 5.41) is 3.56. The molecule has 0 saturated carbocycles. The number of para-hydroxylation sites is 1. The Hall–Kier alpha value is -1.41. The molecule has 0 aliphatic carbocycles. The van der Waals surface area contributed by atoms with Crippen LogP contribution >= 0.6 is 11.8 Å². The number of benzene rings is 2. The standard InChI is InChI=1S/C14H13NS/c1-10-11-6-2-4-8-13(11)16-14-9-5-3-7-12(14)15-10/h2-10,15H,1H3/t10-/m0/s1. The van der Waals surface area contributed by atoms with E-state index in [1.807, 2.05) is 11.8 Å². The minimum Gasteiger partial charge on any atom is -0.378 e. The van der Waals surface area contributed by atoms with Gasteiger partial charge < -0.3 is 5.32 Å². The summed E-state index contributed by atoms with van der Waals surface area (Å²) in [5.74, 6) is 0. The van der Waals surface area contributed by atoms with Crippen molar-refractivity contribution in [3.05, 3.63) is 54.1 Å². The van der Waals surface area contributed by atoms with Crippen molar-refractivity contribution in [3.8, 4) is 0 Å². The van der Waals surface area contributed by atoms with Crippen LogP contribution in [0.3, 0.4) is 0 Å². The Morgan fingerprint density at radius 3 is 2.50 bits per heavy atom. The van der Waals surface area contributed by atoms with Gasteiger partial charge in [0.1, 0.15) is 0 Å². The molecule has 16 heavy (non-hydrogen) atoms. The molecule has 1 aliphatic rings. The van der Waals surface area contributed by atoms with E-state index < -0.39 is 0 Å². The van der Waals surface area contributed by atoms with E-state index in [-0.39, 0.29) is 0 Å². The van der Waals surface area contributed by atoms with Crippen molar-refractivity contribution in [2.75, 3.05) is 5.32 Å². The Morgan fingerprint density at radius 2 is 1.62 bits per heavy atom. The van der Waals surface area contributed by atoms with Gasteiger partial charge in [-0.2, -0.15) is 0 Å². The molecule has 0 spiro atoms. The van der Waals surface area contributed by atoms with Gasteiger partial charge in [0, 0.05) is 21.5 Å². The molecule has 2 aromatic carbocycles. The molecule has 1 N–H and O–H groups in total. The first kappa shape index (κ1) is 9.79. The average molecular weight is 227 g/mol. The minimum absolute atomic E-state index is 0.368. The van der Waals surface area contributed by atoms with E-state index >= 15 is 0 Å². The Balaban J connectivity index is 2.15. The highest BCUT2D eigenvalue weighted by atomic mass is 32.2. The summed E-state index contributed by atoms with van der Waals surface area (Å²) in [6, 6.07) is 17.5. The van der Waals surface area contributed by atoms with Crippen LogP contribution in [0.1, 0.15) is 18.5 Å². The van der Waals surface area contributed by atoms with Crippen molar-refractivity contribution in [2.24, 2.45) is 0 Å². The maximum atomic E-state index is 3.56. The predicted molar refractivity (Wildman–Crippen MR) is 69.0 cm³/mol. The van der Waals surface area contributed by atoms with Crippen molar-refractivity contribution < 1.29 is 0 Å². The van der Waals surface area contributed by atoms with Gasteiger partial charge in [-0.05, 0) is 30.7 Å². The SMILES string of the molecule is C[C@@H]1Nc2ccccc2Sc2ccccc21. The molecule has 2 aromatic rings. The Bertz CT molecular complexity index is 522. The lowest BCUT2D eigenvalue weighted by Crippen LogP contribution is -2.05. The number of fused-ring (bicyclic) bond motifs is 2.